The van der Waals surface area contributed by atoms with E-state index in [1.54, 1.807) is 25.2 Å². The van der Waals surface area contributed by atoms with Crippen LogP contribution in [-0.2, 0) is 4.74 Å². The van der Waals surface area contributed by atoms with Crippen LogP contribution >= 0.6 is 0 Å². The minimum atomic E-state index is -3.51. The maximum absolute atomic E-state index is 14.9. The van der Waals surface area contributed by atoms with Gasteiger partial charge in [0.25, 0.3) is 0 Å². The Hall–Kier alpha value is -2.23. The first kappa shape index (κ1) is 20.1. The molecule has 0 saturated heterocycles. The molecule has 1 unspecified atom stereocenters. The first-order valence-corrected chi connectivity index (χ1v) is 8.51. The van der Waals surface area contributed by atoms with Gasteiger partial charge in [-0.25, -0.2) is 4.39 Å². The van der Waals surface area contributed by atoms with E-state index < -0.39 is 16.9 Å². The second kappa shape index (κ2) is 7.18. The normalized spacial score (nSPS) is 25.8. The minimum absolute atomic E-state index is 0.00951. The third-order valence-electron chi connectivity index (χ3n) is 4.16. The number of ether oxygens (including phenoxy) is 1. The van der Waals surface area contributed by atoms with Gasteiger partial charge in [-0.3, -0.25) is 0 Å². The Morgan fingerprint density at radius 2 is 1.50 bits per heavy atom. The maximum Gasteiger partial charge on any atom is 0.426 e. The highest BCUT2D eigenvalue weighted by molar-refractivity contribution is 5.39. The van der Waals surface area contributed by atoms with Gasteiger partial charge >= 0.3 is 6.11 Å². The number of halogens is 3. The summed E-state index contributed by atoms with van der Waals surface area (Å²) in [5, 5.41) is 0. The summed E-state index contributed by atoms with van der Waals surface area (Å²) in [4.78, 5) is 0. The van der Waals surface area contributed by atoms with Gasteiger partial charge in [0, 0.05) is 10.8 Å². The molecule has 0 fully saturated rings. The average molecular weight is 362 g/mol. The van der Waals surface area contributed by atoms with E-state index in [1.807, 2.05) is 33.8 Å². The third-order valence-corrected chi connectivity index (χ3v) is 4.16. The van der Waals surface area contributed by atoms with Gasteiger partial charge < -0.3 is 4.74 Å². The Labute approximate surface area is 153 Å². The van der Waals surface area contributed by atoms with E-state index in [0.717, 1.165) is 11.1 Å². The summed E-state index contributed by atoms with van der Waals surface area (Å²) in [5.41, 5.74) is 0.164. The standard InChI is InChI=1S/C22H25F3O/c1-16-6-8-18(14-20(3,4)12-16)22(24,25)26-19-9-7-17(2)13-21(5,15-19)10-11-23/h6-15H,1-5H3/b11-10+. The van der Waals surface area contributed by atoms with E-state index in [9.17, 15) is 13.2 Å². The Balaban J connectivity index is 2.37. The Morgan fingerprint density at radius 3 is 2.15 bits per heavy atom. The van der Waals surface area contributed by atoms with Crippen LogP contribution in [0.4, 0.5) is 13.2 Å². The smallest absolute Gasteiger partial charge is 0.426 e. The largest absolute Gasteiger partial charge is 0.429 e. The molecule has 26 heavy (non-hydrogen) atoms. The van der Waals surface area contributed by atoms with Gasteiger partial charge in [-0.2, -0.15) is 8.78 Å². The van der Waals surface area contributed by atoms with Crippen LogP contribution in [-0.4, -0.2) is 6.11 Å². The van der Waals surface area contributed by atoms with E-state index in [4.69, 9.17) is 4.74 Å². The van der Waals surface area contributed by atoms with Crippen molar-refractivity contribution in [1.29, 1.82) is 0 Å². The van der Waals surface area contributed by atoms with Crippen molar-refractivity contribution < 1.29 is 17.9 Å². The molecule has 2 rings (SSSR count). The molecule has 2 aliphatic rings. The van der Waals surface area contributed by atoms with E-state index in [0.29, 0.717) is 6.33 Å². The summed E-state index contributed by atoms with van der Waals surface area (Å²) < 4.78 is 47.5. The van der Waals surface area contributed by atoms with E-state index >= 15 is 0 Å². The molecule has 1 nitrogen and oxygen atoms in total. The van der Waals surface area contributed by atoms with Crippen LogP contribution in [0, 0.1) is 10.8 Å². The number of alkyl halides is 2. The molecule has 0 aromatic heterocycles. The van der Waals surface area contributed by atoms with Crippen molar-refractivity contribution in [2.45, 2.75) is 40.7 Å². The molecule has 2 aliphatic carbocycles. The van der Waals surface area contributed by atoms with Gasteiger partial charge in [0.05, 0.1) is 11.9 Å². The summed E-state index contributed by atoms with van der Waals surface area (Å²) >= 11 is 0. The number of hydrogen-bond donors (Lipinski definition) is 0. The first-order chi connectivity index (χ1) is 11.9. The number of hydrogen-bond acceptors (Lipinski definition) is 1. The molecule has 0 bridgehead atoms. The molecule has 0 aliphatic heterocycles. The third kappa shape index (κ3) is 5.13. The molecule has 140 valence electrons. The van der Waals surface area contributed by atoms with Crippen LogP contribution in [0.5, 0.6) is 0 Å². The molecule has 0 saturated carbocycles. The van der Waals surface area contributed by atoms with Crippen molar-refractivity contribution in [2.24, 2.45) is 10.8 Å². The van der Waals surface area contributed by atoms with E-state index in [-0.39, 0.29) is 11.3 Å². The zero-order chi connectivity index (χ0) is 19.6. The molecule has 0 spiro atoms. The van der Waals surface area contributed by atoms with Gasteiger partial charge in [0.2, 0.25) is 0 Å². The van der Waals surface area contributed by atoms with Gasteiger partial charge in [0.15, 0.2) is 0 Å². The van der Waals surface area contributed by atoms with Gasteiger partial charge in [0.1, 0.15) is 5.76 Å². The summed E-state index contributed by atoms with van der Waals surface area (Å²) in [6.45, 7) is 9.14. The van der Waals surface area contributed by atoms with Gasteiger partial charge in [-0.05, 0) is 45.1 Å². The summed E-state index contributed by atoms with van der Waals surface area (Å²) in [6, 6.07) is 0. The minimum Gasteiger partial charge on any atom is -0.429 e. The topological polar surface area (TPSA) is 9.23 Å². The molecule has 0 amide bonds. The fraction of sp³-hybridized carbons (Fsp3) is 0.364. The quantitative estimate of drug-likeness (QED) is 0.525. The Bertz CT molecular complexity index is 773. The lowest BCUT2D eigenvalue weighted by Gasteiger charge is -2.24. The first-order valence-electron chi connectivity index (χ1n) is 8.51. The molecule has 0 aromatic rings. The van der Waals surface area contributed by atoms with Crippen LogP contribution in [0.3, 0.4) is 0 Å². The zero-order valence-electron chi connectivity index (χ0n) is 15.8. The fourth-order valence-electron chi connectivity index (χ4n) is 3.18. The van der Waals surface area contributed by atoms with Crippen LogP contribution in [0.1, 0.15) is 34.6 Å². The average Bonchev–Trinajstić information content (AvgIpc) is 2.70. The van der Waals surface area contributed by atoms with Crippen molar-refractivity contribution in [1.82, 2.24) is 0 Å². The molecule has 0 aromatic carbocycles. The predicted octanol–water partition coefficient (Wildman–Crippen LogP) is 6.95. The molecular formula is C22H25F3O. The molecule has 4 heteroatoms. The monoisotopic (exact) mass is 362 g/mol. The van der Waals surface area contributed by atoms with Crippen LogP contribution in [0.15, 0.2) is 83.5 Å². The highest BCUT2D eigenvalue weighted by Crippen LogP contribution is 2.38. The van der Waals surface area contributed by atoms with E-state index in [2.05, 4.69) is 0 Å². The lowest BCUT2D eigenvalue weighted by atomic mass is 9.88. The summed E-state index contributed by atoms with van der Waals surface area (Å²) in [7, 11) is 0. The number of rotatable bonds is 4. The molecule has 1 atom stereocenters. The Kier molecular flexibility index (Phi) is 5.55. The summed E-state index contributed by atoms with van der Waals surface area (Å²) in [5.74, 6) is -0.00951. The van der Waals surface area contributed by atoms with Crippen molar-refractivity contribution in [3.05, 3.63) is 83.5 Å². The van der Waals surface area contributed by atoms with Crippen molar-refractivity contribution >= 4 is 0 Å². The van der Waals surface area contributed by atoms with Crippen LogP contribution in [0.25, 0.3) is 0 Å². The second-order valence-corrected chi connectivity index (χ2v) is 7.69. The number of allylic oxidation sites excluding steroid dienone is 10. The second-order valence-electron chi connectivity index (χ2n) is 7.69. The molecule has 0 heterocycles. The van der Waals surface area contributed by atoms with Gasteiger partial charge in [-0.1, -0.05) is 55.4 Å². The molecule has 0 radical (unpaired) electrons. The summed E-state index contributed by atoms with van der Waals surface area (Å²) in [6.07, 6.45) is 11.1. The van der Waals surface area contributed by atoms with Crippen molar-refractivity contribution in [3.8, 4) is 0 Å². The Morgan fingerprint density at radius 1 is 0.885 bits per heavy atom. The highest BCUT2D eigenvalue weighted by Gasteiger charge is 2.38. The molecule has 0 N–H and O–H groups in total. The van der Waals surface area contributed by atoms with Crippen LogP contribution < -0.4 is 0 Å². The maximum atomic E-state index is 14.9. The van der Waals surface area contributed by atoms with Crippen molar-refractivity contribution in [2.75, 3.05) is 0 Å². The lowest BCUT2D eigenvalue weighted by molar-refractivity contribution is -0.177. The van der Waals surface area contributed by atoms with Gasteiger partial charge in [-0.15, -0.1) is 0 Å². The SMILES string of the molecule is CC1=CC(C)(C)C=C(C(F)(F)OC2=CC(C)(/C=C/F)C=C(C)C=C2)C=C1. The van der Waals surface area contributed by atoms with E-state index in [1.165, 1.54) is 30.4 Å². The predicted molar refractivity (Wildman–Crippen MR) is 100 cm³/mol. The molecular weight excluding hydrogens is 337 g/mol. The van der Waals surface area contributed by atoms with Crippen molar-refractivity contribution in [3.63, 3.8) is 0 Å². The zero-order valence-corrected chi connectivity index (χ0v) is 15.8. The lowest BCUT2D eigenvalue weighted by Crippen LogP contribution is -2.24. The highest BCUT2D eigenvalue weighted by atomic mass is 19.3. The fourth-order valence-corrected chi connectivity index (χ4v) is 3.18. The van der Waals surface area contributed by atoms with Crippen LogP contribution in [0.2, 0.25) is 0 Å².